The van der Waals surface area contributed by atoms with E-state index in [-0.39, 0.29) is 0 Å². The number of nitrogens with zero attached hydrogens (tertiary/aromatic N) is 4. The van der Waals surface area contributed by atoms with Crippen LogP contribution in [0.15, 0.2) is 24.3 Å². The molecule has 0 amide bonds. The quantitative estimate of drug-likeness (QED) is 0.795. The Hall–Kier alpha value is -1.79. The Labute approximate surface area is 112 Å². The topological polar surface area (TPSA) is 77.2 Å². The number of para-hydroxylation sites is 1. The van der Waals surface area contributed by atoms with Gasteiger partial charge in [-0.1, -0.05) is 12.1 Å². The maximum absolute atomic E-state index is 5.56. The molecule has 0 aliphatic heterocycles. The molecule has 0 saturated heterocycles. The molecule has 6 heteroatoms. The molecule has 0 aliphatic carbocycles. The van der Waals surface area contributed by atoms with Gasteiger partial charge in [0.1, 0.15) is 5.52 Å². The summed E-state index contributed by atoms with van der Waals surface area (Å²) in [7, 11) is 1.68. The third-order valence-electron chi connectivity index (χ3n) is 2.83. The van der Waals surface area contributed by atoms with E-state index in [4.69, 9.17) is 10.5 Å². The van der Waals surface area contributed by atoms with Crippen LogP contribution in [0.2, 0.25) is 0 Å². The highest BCUT2D eigenvalue weighted by molar-refractivity contribution is 5.74. The van der Waals surface area contributed by atoms with Crippen molar-refractivity contribution in [2.75, 3.05) is 38.3 Å². The van der Waals surface area contributed by atoms with E-state index in [9.17, 15) is 0 Å². The number of ether oxygens (including phenoxy) is 1. The van der Waals surface area contributed by atoms with Crippen molar-refractivity contribution in [3.05, 3.63) is 24.3 Å². The Balaban J connectivity index is 2.21. The Morgan fingerprint density at radius 2 is 1.95 bits per heavy atom. The van der Waals surface area contributed by atoms with Crippen molar-refractivity contribution in [2.45, 2.75) is 6.42 Å². The lowest BCUT2D eigenvalue weighted by Gasteiger charge is -2.21. The molecule has 2 rings (SSSR count). The van der Waals surface area contributed by atoms with E-state index >= 15 is 0 Å². The molecule has 0 spiro atoms. The van der Waals surface area contributed by atoms with Crippen molar-refractivity contribution >= 4 is 17.0 Å². The molecule has 1 heterocycles. The van der Waals surface area contributed by atoms with Gasteiger partial charge in [0.05, 0.1) is 12.1 Å². The van der Waals surface area contributed by atoms with E-state index in [1.165, 1.54) is 0 Å². The minimum absolute atomic E-state index is 0.626. The van der Waals surface area contributed by atoms with Crippen LogP contribution in [0.25, 0.3) is 11.0 Å². The van der Waals surface area contributed by atoms with E-state index in [2.05, 4.69) is 20.1 Å². The molecule has 0 atom stereocenters. The molecule has 0 aliphatic rings. The Morgan fingerprint density at radius 1 is 1.16 bits per heavy atom. The molecule has 1 aromatic heterocycles. The molecule has 0 radical (unpaired) electrons. The number of hydrogen-bond donors (Lipinski definition) is 1. The number of methoxy groups -OCH3 is 1. The predicted molar refractivity (Wildman–Crippen MR) is 75.1 cm³/mol. The van der Waals surface area contributed by atoms with Crippen molar-refractivity contribution in [1.82, 2.24) is 15.2 Å². The number of benzene rings is 1. The number of anilines is 1. The predicted octanol–water partition coefficient (Wildman–Crippen LogP) is 0.826. The number of aromatic nitrogens is 3. The monoisotopic (exact) mass is 261 g/mol. The Morgan fingerprint density at radius 3 is 2.68 bits per heavy atom. The third-order valence-corrected chi connectivity index (χ3v) is 2.83. The summed E-state index contributed by atoms with van der Waals surface area (Å²) >= 11 is 0. The van der Waals surface area contributed by atoms with E-state index in [1.54, 1.807) is 7.11 Å². The molecule has 6 nitrogen and oxygen atoms in total. The van der Waals surface area contributed by atoms with Gasteiger partial charge in [-0.15, -0.1) is 10.2 Å². The van der Waals surface area contributed by atoms with Crippen LogP contribution in [-0.4, -0.2) is 48.5 Å². The van der Waals surface area contributed by atoms with Gasteiger partial charge < -0.3 is 15.4 Å². The van der Waals surface area contributed by atoms with Crippen molar-refractivity contribution in [3.63, 3.8) is 0 Å². The van der Waals surface area contributed by atoms with Crippen LogP contribution in [0.3, 0.4) is 0 Å². The van der Waals surface area contributed by atoms with Crippen LogP contribution < -0.4 is 10.6 Å². The lowest BCUT2D eigenvalue weighted by Crippen LogP contribution is -2.31. The maximum atomic E-state index is 5.56. The summed E-state index contributed by atoms with van der Waals surface area (Å²) in [6.07, 6.45) is 0.889. The van der Waals surface area contributed by atoms with Gasteiger partial charge in [0.15, 0.2) is 0 Å². The number of fused-ring (bicyclic) bond motifs is 1. The van der Waals surface area contributed by atoms with Gasteiger partial charge >= 0.3 is 0 Å². The van der Waals surface area contributed by atoms with Crippen LogP contribution in [0.1, 0.15) is 6.42 Å². The number of hydrogen-bond acceptors (Lipinski definition) is 6. The number of nitrogens with two attached hydrogens (primary N) is 1. The average molecular weight is 261 g/mol. The zero-order chi connectivity index (χ0) is 13.5. The van der Waals surface area contributed by atoms with Gasteiger partial charge in [-0.25, -0.2) is 4.98 Å². The van der Waals surface area contributed by atoms with E-state index in [0.29, 0.717) is 19.1 Å². The largest absolute Gasteiger partial charge is 0.383 e. The van der Waals surface area contributed by atoms with Crippen LogP contribution >= 0.6 is 0 Å². The first-order chi connectivity index (χ1) is 9.35. The summed E-state index contributed by atoms with van der Waals surface area (Å²) in [4.78, 5) is 6.59. The standard InChI is InChI=1S/C13H19N5O/c1-19-10-9-18(8-4-7-14)13-15-11-5-2-3-6-12(11)16-17-13/h2-3,5-6H,4,7-10,14H2,1H3. The molecule has 1 aromatic carbocycles. The summed E-state index contributed by atoms with van der Waals surface area (Å²) in [5.41, 5.74) is 7.21. The van der Waals surface area contributed by atoms with Crippen LogP contribution in [0, 0.1) is 0 Å². The lowest BCUT2D eigenvalue weighted by molar-refractivity contribution is 0.205. The first kappa shape index (κ1) is 13.6. The molecule has 2 aromatic rings. The van der Waals surface area contributed by atoms with Crippen molar-refractivity contribution in [3.8, 4) is 0 Å². The molecule has 0 unspecified atom stereocenters. The van der Waals surface area contributed by atoms with E-state index in [1.807, 2.05) is 24.3 Å². The van der Waals surface area contributed by atoms with Crippen LogP contribution in [0.5, 0.6) is 0 Å². The second-order valence-corrected chi connectivity index (χ2v) is 4.22. The minimum atomic E-state index is 0.626. The van der Waals surface area contributed by atoms with Gasteiger partial charge in [-0.05, 0) is 25.1 Å². The van der Waals surface area contributed by atoms with Gasteiger partial charge in [0.2, 0.25) is 5.95 Å². The van der Waals surface area contributed by atoms with Crippen molar-refractivity contribution in [1.29, 1.82) is 0 Å². The molecule has 2 N–H and O–H groups in total. The van der Waals surface area contributed by atoms with Gasteiger partial charge in [-0.3, -0.25) is 0 Å². The highest BCUT2D eigenvalue weighted by Crippen LogP contribution is 2.12. The molecule has 102 valence electrons. The third kappa shape index (κ3) is 3.59. The fraction of sp³-hybridized carbons (Fsp3) is 0.462. The van der Waals surface area contributed by atoms with Crippen LogP contribution in [-0.2, 0) is 4.74 Å². The van der Waals surface area contributed by atoms with Crippen molar-refractivity contribution < 1.29 is 4.74 Å². The minimum Gasteiger partial charge on any atom is -0.383 e. The van der Waals surface area contributed by atoms with Gasteiger partial charge in [0.25, 0.3) is 0 Å². The fourth-order valence-corrected chi connectivity index (χ4v) is 1.80. The molecular weight excluding hydrogens is 242 g/mol. The smallest absolute Gasteiger partial charge is 0.246 e. The summed E-state index contributed by atoms with van der Waals surface area (Å²) < 4.78 is 5.11. The summed E-state index contributed by atoms with van der Waals surface area (Å²) in [6.45, 7) is 2.81. The lowest BCUT2D eigenvalue weighted by atomic mass is 10.3. The van der Waals surface area contributed by atoms with Crippen LogP contribution in [0.4, 0.5) is 5.95 Å². The van der Waals surface area contributed by atoms with Gasteiger partial charge in [0, 0.05) is 20.2 Å². The van der Waals surface area contributed by atoms with Crippen molar-refractivity contribution in [2.24, 2.45) is 5.73 Å². The highest BCUT2D eigenvalue weighted by atomic mass is 16.5. The SMILES string of the molecule is COCCN(CCCN)c1nnc2ccccc2n1. The summed E-state index contributed by atoms with van der Waals surface area (Å²) in [6, 6.07) is 7.71. The zero-order valence-electron chi connectivity index (χ0n) is 11.1. The molecule has 19 heavy (non-hydrogen) atoms. The Kier molecular flexibility index (Phi) is 5.00. The summed E-state index contributed by atoms with van der Waals surface area (Å²) in [5, 5.41) is 8.37. The zero-order valence-corrected chi connectivity index (χ0v) is 11.1. The first-order valence-corrected chi connectivity index (χ1v) is 6.38. The first-order valence-electron chi connectivity index (χ1n) is 6.38. The molecule has 0 fully saturated rings. The second kappa shape index (κ2) is 6.96. The summed E-state index contributed by atoms with van der Waals surface area (Å²) in [5.74, 6) is 0.629. The molecule has 0 saturated carbocycles. The average Bonchev–Trinajstić information content (AvgIpc) is 2.47. The Bertz CT molecular complexity index is 511. The highest BCUT2D eigenvalue weighted by Gasteiger charge is 2.10. The molecule has 0 bridgehead atoms. The molecular formula is C13H19N5O. The second-order valence-electron chi connectivity index (χ2n) is 4.22. The normalized spacial score (nSPS) is 10.8. The maximum Gasteiger partial charge on any atom is 0.246 e. The van der Waals surface area contributed by atoms with E-state index in [0.717, 1.165) is 30.5 Å². The van der Waals surface area contributed by atoms with Gasteiger partial charge in [-0.2, -0.15) is 0 Å². The number of rotatable bonds is 7. The van der Waals surface area contributed by atoms with E-state index < -0.39 is 0 Å². The fourth-order valence-electron chi connectivity index (χ4n) is 1.80.